The average molecular weight is 695 g/mol. The van der Waals surface area contributed by atoms with Crippen LogP contribution in [0.4, 0.5) is 4.79 Å². The summed E-state index contributed by atoms with van der Waals surface area (Å²) in [7, 11) is 0. The minimum Gasteiger partial charge on any atom is -0.493 e. The lowest BCUT2D eigenvalue weighted by molar-refractivity contribution is -0.322. The number of hydrogen-bond donors (Lipinski definition) is 0. The summed E-state index contributed by atoms with van der Waals surface area (Å²) in [5, 5.41) is 0. The van der Waals surface area contributed by atoms with Crippen LogP contribution in [0.5, 0.6) is 0 Å². The van der Waals surface area contributed by atoms with Gasteiger partial charge >= 0.3 is 6.16 Å². The molecule has 10 nitrogen and oxygen atoms in total. The van der Waals surface area contributed by atoms with Gasteiger partial charge in [-0.2, -0.15) is 0 Å². The second-order valence-corrected chi connectivity index (χ2v) is 12.6. The molecule has 0 amide bonds. The molecule has 0 bridgehead atoms. The van der Waals surface area contributed by atoms with Gasteiger partial charge in [-0.25, -0.2) is 4.79 Å². The van der Waals surface area contributed by atoms with Crippen molar-refractivity contribution in [2.45, 2.75) is 75.4 Å². The third-order valence-corrected chi connectivity index (χ3v) is 8.92. The lowest BCUT2D eigenvalue weighted by Gasteiger charge is -2.44. The molecule has 8 atom stereocenters. The number of fused-ring (bicyclic) bond motifs is 1. The Morgan fingerprint density at radius 2 is 1.02 bits per heavy atom. The fraction of sp³-hybridized carbons (Fsp3) is 0.341. The Balaban J connectivity index is 1.13. The van der Waals surface area contributed by atoms with Crippen LogP contribution in [0.15, 0.2) is 134 Å². The summed E-state index contributed by atoms with van der Waals surface area (Å²) in [5.41, 5.74) is 3.99. The predicted octanol–water partition coefficient (Wildman–Crippen LogP) is 6.52. The number of benzene rings is 4. The van der Waals surface area contributed by atoms with E-state index in [-0.39, 0.29) is 19.8 Å². The molecule has 4 aromatic rings. The number of hydrogen-bond acceptors (Lipinski definition) is 10. The molecule has 0 aromatic heterocycles. The molecule has 3 aliphatic rings. The summed E-state index contributed by atoms with van der Waals surface area (Å²) >= 11 is 0. The van der Waals surface area contributed by atoms with Crippen LogP contribution in [0.25, 0.3) is 0 Å². The van der Waals surface area contributed by atoms with E-state index in [1.807, 2.05) is 127 Å². The second kappa shape index (κ2) is 17.6. The zero-order valence-electron chi connectivity index (χ0n) is 28.1. The zero-order chi connectivity index (χ0) is 34.7. The van der Waals surface area contributed by atoms with E-state index < -0.39 is 55.2 Å². The molecule has 0 saturated carbocycles. The quantitative estimate of drug-likeness (QED) is 0.121. The maximum Gasteiger partial charge on any atom is 0.509 e. The molecule has 0 aliphatic carbocycles. The standard InChI is InChI=1S/C41H42O10/c42-41-50-37-35(28-44-24-30-15-7-2-8-16-30)48-40(39(38(37)51-41)47-26-32-19-11-4-12-20-32)49-36-33(46-25-31-17-9-3-10-18-31)21-22-45-34(36)27-43-23-29-13-5-1-6-14-29/h1-22,33-40H,23-28H2/t33-,34?,35?,36+,37+,38+,39+,40?/m1/s1. The van der Waals surface area contributed by atoms with E-state index in [1.165, 1.54) is 0 Å². The molecule has 266 valence electrons. The SMILES string of the molecule is O=C1O[C@@H]2[C@H](OCc3ccccc3)C(O[C@@H]3C(COCc4ccccc4)OC=C[C@H]3OCc3ccccc3)OC(COCc3ccccc3)[C@@H]2O1. The highest BCUT2D eigenvalue weighted by atomic mass is 16.8. The van der Waals surface area contributed by atoms with E-state index in [0.717, 1.165) is 22.3 Å². The molecular weight excluding hydrogens is 652 g/mol. The fourth-order valence-electron chi connectivity index (χ4n) is 6.32. The van der Waals surface area contributed by atoms with Crippen LogP contribution < -0.4 is 0 Å². The Bertz CT molecular complexity index is 1660. The van der Waals surface area contributed by atoms with Crippen molar-refractivity contribution in [3.05, 3.63) is 156 Å². The average Bonchev–Trinajstić information content (AvgIpc) is 3.57. The van der Waals surface area contributed by atoms with Crippen LogP contribution in [0.3, 0.4) is 0 Å². The maximum atomic E-state index is 12.6. The van der Waals surface area contributed by atoms with Crippen molar-refractivity contribution in [3.63, 3.8) is 0 Å². The lowest BCUT2D eigenvalue weighted by Crippen LogP contribution is -2.61. The molecule has 3 unspecified atom stereocenters. The van der Waals surface area contributed by atoms with E-state index >= 15 is 0 Å². The number of rotatable bonds is 16. The van der Waals surface area contributed by atoms with Crippen molar-refractivity contribution >= 4 is 6.16 Å². The van der Waals surface area contributed by atoms with Gasteiger partial charge in [-0.3, -0.25) is 0 Å². The van der Waals surface area contributed by atoms with Gasteiger partial charge in [-0.05, 0) is 28.3 Å². The van der Waals surface area contributed by atoms with Crippen molar-refractivity contribution in [3.8, 4) is 0 Å². The molecule has 2 fully saturated rings. The van der Waals surface area contributed by atoms with E-state index in [0.29, 0.717) is 19.8 Å². The first-order valence-corrected chi connectivity index (χ1v) is 17.2. The van der Waals surface area contributed by atoms with Crippen LogP contribution in [-0.4, -0.2) is 68.4 Å². The Hall–Kier alpha value is -4.55. The van der Waals surface area contributed by atoms with Crippen LogP contribution in [-0.2, 0) is 69.1 Å². The number of carbonyl (C=O) groups is 1. The summed E-state index contributed by atoms with van der Waals surface area (Å²) in [5.74, 6) is 0. The molecule has 0 radical (unpaired) electrons. The second-order valence-electron chi connectivity index (χ2n) is 12.6. The largest absolute Gasteiger partial charge is 0.509 e. The van der Waals surface area contributed by atoms with Gasteiger partial charge in [0.05, 0.1) is 45.9 Å². The van der Waals surface area contributed by atoms with Gasteiger partial charge in [0.1, 0.15) is 24.4 Å². The molecule has 0 spiro atoms. The van der Waals surface area contributed by atoms with Gasteiger partial charge in [0, 0.05) is 0 Å². The van der Waals surface area contributed by atoms with Crippen molar-refractivity contribution in [1.29, 1.82) is 0 Å². The molecule has 51 heavy (non-hydrogen) atoms. The van der Waals surface area contributed by atoms with E-state index in [9.17, 15) is 4.79 Å². The molecular formula is C41H42O10. The monoisotopic (exact) mass is 694 g/mol. The van der Waals surface area contributed by atoms with Crippen molar-refractivity contribution in [2.75, 3.05) is 13.2 Å². The van der Waals surface area contributed by atoms with Crippen LogP contribution >= 0.6 is 0 Å². The smallest absolute Gasteiger partial charge is 0.493 e. The highest BCUT2D eigenvalue weighted by molar-refractivity contribution is 5.63. The van der Waals surface area contributed by atoms with Gasteiger partial charge in [0.2, 0.25) is 0 Å². The molecule has 0 N–H and O–H groups in total. The molecule has 2 saturated heterocycles. The summed E-state index contributed by atoms with van der Waals surface area (Å²) in [6, 6.07) is 39.4. The number of carbonyl (C=O) groups excluding carboxylic acids is 1. The zero-order valence-corrected chi connectivity index (χ0v) is 28.1. The fourth-order valence-corrected chi connectivity index (χ4v) is 6.32. The summed E-state index contributed by atoms with van der Waals surface area (Å²) in [4.78, 5) is 12.6. The Morgan fingerprint density at radius 3 is 1.59 bits per heavy atom. The minimum atomic E-state index is -1.02. The van der Waals surface area contributed by atoms with Gasteiger partial charge in [-0.15, -0.1) is 0 Å². The van der Waals surface area contributed by atoms with E-state index in [1.54, 1.807) is 6.26 Å². The molecule has 7 rings (SSSR count). The number of ether oxygens (including phenoxy) is 9. The Morgan fingerprint density at radius 1 is 0.529 bits per heavy atom. The Labute approximate surface area is 297 Å². The Kier molecular flexibility index (Phi) is 12.0. The van der Waals surface area contributed by atoms with E-state index in [4.69, 9.17) is 42.6 Å². The van der Waals surface area contributed by atoms with Crippen LogP contribution in [0.1, 0.15) is 22.3 Å². The third kappa shape index (κ3) is 9.42. The minimum absolute atomic E-state index is 0.122. The van der Waals surface area contributed by atoms with Crippen LogP contribution in [0, 0.1) is 0 Å². The van der Waals surface area contributed by atoms with Crippen molar-refractivity contribution in [1.82, 2.24) is 0 Å². The first-order chi connectivity index (χ1) is 25.2. The van der Waals surface area contributed by atoms with Crippen molar-refractivity contribution < 1.29 is 47.4 Å². The molecule has 10 heteroatoms. The highest BCUT2D eigenvalue weighted by Crippen LogP contribution is 2.36. The van der Waals surface area contributed by atoms with Gasteiger partial charge < -0.3 is 42.6 Å². The first-order valence-electron chi connectivity index (χ1n) is 17.2. The lowest BCUT2D eigenvalue weighted by atomic mass is 9.98. The first kappa shape index (κ1) is 34.9. The highest BCUT2D eigenvalue weighted by Gasteiger charge is 2.56. The van der Waals surface area contributed by atoms with Gasteiger partial charge in [0.15, 0.2) is 24.6 Å². The maximum absolute atomic E-state index is 12.6. The summed E-state index contributed by atoms with van der Waals surface area (Å²) in [6.07, 6.45) is -3.30. The van der Waals surface area contributed by atoms with Gasteiger partial charge in [-0.1, -0.05) is 121 Å². The predicted molar refractivity (Wildman–Crippen MR) is 185 cm³/mol. The topological polar surface area (TPSA) is 100 Å². The normalized spacial score (nSPS) is 26.9. The van der Waals surface area contributed by atoms with Crippen LogP contribution in [0.2, 0.25) is 0 Å². The summed E-state index contributed by atoms with van der Waals surface area (Å²) in [6.45, 7) is 1.65. The molecule has 3 aliphatic heterocycles. The van der Waals surface area contributed by atoms with E-state index in [2.05, 4.69) is 0 Å². The third-order valence-electron chi connectivity index (χ3n) is 8.92. The summed E-state index contributed by atoms with van der Waals surface area (Å²) < 4.78 is 56.1. The molecule has 3 heterocycles. The molecule has 4 aromatic carbocycles. The van der Waals surface area contributed by atoms with Gasteiger partial charge in [0.25, 0.3) is 0 Å². The van der Waals surface area contributed by atoms with Crippen molar-refractivity contribution in [2.24, 2.45) is 0 Å².